The number of benzene rings is 2. The third kappa shape index (κ3) is 5.65. The van der Waals surface area contributed by atoms with Crippen molar-refractivity contribution < 1.29 is 18.7 Å². The Balaban J connectivity index is 1.74. The van der Waals surface area contributed by atoms with E-state index in [1.165, 1.54) is 22.3 Å². The number of amides is 2. The van der Waals surface area contributed by atoms with Crippen molar-refractivity contribution in [3.63, 3.8) is 0 Å². The van der Waals surface area contributed by atoms with Crippen LogP contribution in [0.5, 0.6) is 5.75 Å². The lowest BCUT2D eigenvalue weighted by Gasteiger charge is -2.33. The maximum Gasteiger partial charge on any atom is 0.247 e. The number of nitrogens with one attached hydrogen (secondary N) is 1. The molecular weight excluding hydrogens is 451 g/mol. The van der Waals surface area contributed by atoms with Gasteiger partial charge >= 0.3 is 0 Å². The van der Waals surface area contributed by atoms with Crippen molar-refractivity contribution in [3.05, 3.63) is 87.9 Å². The molecule has 0 radical (unpaired) electrons. The summed E-state index contributed by atoms with van der Waals surface area (Å²) < 4.78 is 20.6. The van der Waals surface area contributed by atoms with Crippen molar-refractivity contribution in [3.8, 4) is 5.75 Å². The number of halogens is 1. The van der Waals surface area contributed by atoms with Crippen LogP contribution in [0.15, 0.2) is 66.0 Å². The lowest BCUT2D eigenvalue weighted by molar-refractivity contribution is -0.141. The highest BCUT2D eigenvalue weighted by Gasteiger charge is 2.35. The van der Waals surface area contributed by atoms with Gasteiger partial charge in [-0.25, -0.2) is 4.39 Å². The number of ether oxygens (including phenoxy) is 1. The molecule has 4 rings (SSSR count). The Hall–Kier alpha value is -3.19. The Morgan fingerprint density at radius 2 is 1.82 bits per heavy atom. The Kier molecular flexibility index (Phi) is 7.95. The van der Waals surface area contributed by atoms with E-state index in [-0.39, 0.29) is 36.4 Å². The topological polar surface area (TPSA) is 58.6 Å². The third-order valence-corrected chi connectivity index (χ3v) is 7.10. The van der Waals surface area contributed by atoms with Gasteiger partial charge in [-0.15, -0.1) is 11.3 Å². The van der Waals surface area contributed by atoms with E-state index in [2.05, 4.69) is 5.32 Å². The van der Waals surface area contributed by atoms with Crippen molar-refractivity contribution >= 4 is 23.2 Å². The Morgan fingerprint density at radius 1 is 1.09 bits per heavy atom. The summed E-state index contributed by atoms with van der Waals surface area (Å²) in [6.07, 6.45) is 4.03. The first-order valence-electron chi connectivity index (χ1n) is 11.6. The third-order valence-electron chi connectivity index (χ3n) is 6.22. The maximum atomic E-state index is 15.1. The molecule has 0 spiro atoms. The molecule has 2 amide bonds. The van der Waals surface area contributed by atoms with E-state index in [1.807, 2.05) is 41.8 Å². The van der Waals surface area contributed by atoms with E-state index in [0.717, 1.165) is 36.1 Å². The fraction of sp³-hybridized carbons (Fsp3) is 0.333. The van der Waals surface area contributed by atoms with Gasteiger partial charge in [0.2, 0.25) is 11.8 Å². The Bertz CT molecular complexity index is 1110. The largest absolute Gasteiger partial charge is 0.496 e. The van der Waals surface area contributed by atoms with Gasteiger partial charge in [-0.3, -0.25) is 9.59 Å². The summed E-state index contributed by atoms with van der Waals surface area (Å²) in [5.41, 5.74) is 0.937. The molecule has 1 unspecified atom stereocenters. The molecule has 1 N–H and O–H groups in total. The summed E-state index contributed by atoms with van der Waals surface area (Å²) >= 11 is 1.48. The predicted octanol–water partition coefficient (Wildman–Crippen LogP) is 5.27. The van der Waals surface area contributed by atoms with E-state index in [9.17, 15) is 9.59 Å². The molecular formula is C27H29FN2O3S. The zero-order valence-electron chi connectivity index (χ0n) is 19.2. The van der Waals surface area contributed by atoms with E-state index in [4.69, 9.17) is 4.74 Å². The van der Waals surface area contributed by atoms with Crippen molar-refractivity contribution in [2.24, 2.45) is 0 Å². The molecule has 7 heteroatoms. The van der Waals surface area contributed by atoms with Crippen LogP contribution in [0.2, 0.25) is 0 Å². The van der Waals surface area contributed by atoms with Gasteiger partial charge < -0.3 is 15.0 Å². The number of methoxy groups -OCH3 is 1. The molecule has 178 valence electrons. The average Bonchev–Trinajstić information content (AvgIpc) is 3.54. The minimum atomic E-state index is -1.10. The normalized spacial score (nSPS) is 14.5. The van der Waals surface area contributed by atoms with Gasteiger partial charge in [-0.2, -0.15) is 0 Å². The van der Waals surface area contributed by atoms with Crippen LogP contribution in [-0.4, -0.2) is 29.9 Å². The number of carbonyl (C=O) groups is 2. The van der Waals surface area contributed by atoms with Crippen LogP contribution >= 0.6 is 11.3 Å². The highest BCUT2D eigenvalue weighted by atomic mass is 32.1. The van der Waals surface area contributed by atoms with Crippen LogP contribution in [0.3, 0.4) is 0 Å². The molecule has 0 bridgehead atoms. The molecule has 0 saturated heterocycles. The molecule has 1 aromatic heterocycles. The molecule has 1 heterocycles. The summed E-state index contributed by atoms with van der Waals surface area (Å²) in [4.78, 5) is 29.7. The maximum absolute atomic E-state index is 15.1. The first-order chi connectivity index (χ1) is 16.6. The number of hydrogen-bond donors (Lipinski definition) is 1. The molecule has 34 heavy (non-hydrogen) atoms. The van der Waals surface area contributed by atoms with Crippen molar-refractivity contribution in [2.75, 3.05) is 7.11 Å². The lowest BCUT2D eigenvalue weighted by atomic mass is 10.0. The van der Waals surface area contributed by atoms with E-state index < -0.39 is 11.9 Å². The molecule has 2 aromatic carbocycles. The van der Waals surface area contributed by atoms with E-state index >= 15 is 4.39 Å². The summed E-state index contributed by atoms with van der Waals surface area (Å²) in [5.74, 6) is -0.502. The monoisotopic (exact) mass is 480 g/mol. The smallest absolute Gasteiger partial charge is 0.247 e. The van der Waals surface area contributed by atoms with E-state index in [1.54, 1.807) is 25.3 Å². The van der Waals surface area contributed by atoms with Crippen LogP contribution in [-0.2, 0) is 22.6 Å². The second-order valence-electron chi connectivity index (χ2n) is 8.50. The highest BCUT2D eigenvalue weighted by Crippen LogP contribution is 2.30. The highest BCUT2D eigenvalue weighted by molar-refractivity contribution is 7.10. The number of hydrogen-bond acceptors (Lipinski definition) is 4. The second-order valence-corrected chi connectivity index (χ2v) is 9.54. The van der Waals surface area contributed by atoms with Crippen LogP contribution < -0.4 is 10.1 Å². The summed E-state index contributed by atoms with van der Waals surface area (Å²) in [6, 6.07) is 16.3. The minimum Gasteiger partial charge on any atom is -0.496 e. The van der Waals surface area contributed by atoms with Crippen molar-refractivity contribution in [1.29, 1.82) is 0 Å². The number of carbonyl (C=O) groups excluding carboxylic acids is 2. The first-order valence-corrected chi connectivity index (χ1v) is 12.4. The summed E-state index contributed by atoms with van der Waals surface area (Å²) in [6.45, 7) is 0.116. The van der Waals surface area contributed by atoms with Gasteiger partial charge in [0.05, 0.1) is 20.1 Å². The molecule has 1 saturated carbocycles. The van der Waals surface area contributed by atoms with Crippen molar-refractivity contribution in [1.82, 2.24) is 10.2 Å². The molecule has 1 aliphatic carbocycles. The molecule has 5 nitrogen and oxygen atoms in total. The number of para-hydroxylation sites is 1. The zero-order valence-corrected chi connectivity index (χ0v) is 20.0. The molecule has 3 aromatic rings. The van der Waals surface area contributed by atoms with Crippen molar-refractivity contribution in [2.45, 2.75) is 50.7 Å². The molecule has 0 aliphatic heterocycles. The van der Waals surface area contributed by atoms with Gasteiger partial charge in [0.15, 0.2) is 0 Å². The van der Waals surface area contributed by atoms with Gasteiger partial charge in [0, 0.05) is 22.0 Å². The summed E-state index contributed by atoms with van der Waals surface area (Å²) in [7, 11) is 1.57. The summed E-state index contributed by atoms with van der Waals surface area (Å²) in [5, 5.41) is 5.00. The fourth-order valence-corrected chi connectivity index (χ4v) is 5.20. The van der Waals surface area contributed by atoms with Gasteiger partial charge in [-0.1, -0.05) is 55.3 Å². The molecule has 1 aliphatic rings. The first kappa shape index (κ1) is 24.0. The standard InChI is InChI=1S/C27H29FN2O3S/c1-33-24-15-7-2-9-19(24)18-30(25(31)17-21-12-8-16-34-21)26(22-13-5-6-14-23(22)28)27(32)29-20-10-3-4-11-20/h2,5-9,12-16,20,26H,3-4,10-11,17-18H2,1H3,(H,29,32). The van der Waals surface area contributed by atoms with Gasteiger partial charge in [0.25, 0.3) is 0 Å². The second kappa shape index (κ2) is 11.3. The average molecular weight is 481 g/mol. The minimum absolute atomic E-state index is 0.0438. The number of nitrogens with zero attached hydrogens (tertiary/aromatic N) is 1. The van der Waals surface area contributed by atoms with Crippen LogP contribution in [0, 0.1) is 5.82 Å². The van der Waals surface area contributed by atoms with Crippen LogP contribution in [0.4, 0.5) is 4.39 Å². The predicted molar refractivity (Wildman–Crippen MR) is 131 cm³/mol. The van der Waals surface area contributed by atoms with E-state index in [0.29, 0.717) is 5.75 Å². The number of thiophene rings is 1. The van der Waals surface area contributed by atoms with Crippen LogP contribution in [0.1, 0.15) is 47.7 Å². The van der Waals surface area contributed by atoms with Gasteiger partial charge in [-0.05, 0) is 36.4 Å². The quantitative estimate of drug-likeness (QED) is 0.454. The SMILES string of the molecule is COc1ccccc1CN(C(=O)Cc1cccs1)C(C(=O)NC1CCCC1)c1ccccc1F. The fourth-order valence-electron chi connectivity index (χ4n) is 4.50. The Labute approximate surface area is 203 Å². The lowest BCUT2D eigenvalue weighted by Crippen LogP contribution is -2.46. The molecule has 1 fully saturated rings. The number of rotatable bonds is 9. The zero-order chi connectivity index (χ0) is 23.9. The van der Waals surface area contributed by atoms with Crippen LogP contribution in [0.25, 0.3) is 0 Å². The Morgan fingerprint density at radius 3 is 2.53 bits per heavy atom. The molecule has 1 atom stereocenters. The van der Waals surface area contributed by atoms with Gasteiger partial charge in [0.1, 0.15) is 17.6 Å².